The Morgan fingerprint density at radius 2 is 1.54 bits per heavy atom. The van der Waals surface area contributed by atoms with Gasteiger partial charge in [-0.25, -0.2) is 0 Å². The van der Waals surface area contributed by atoms with Gasteiger partial charge in [-0.05, 0) is 70.3 Å². The lowest BCUT2D eigenvalue weighted by atomic mass is 10.0. The molecule has 8 heteroatoms. The third kappa shape index (κ3) is 6.88. The average molecular weight is 494 g/mol. The van der Waals surface area contributed by atoms with E-state index in [-0.39, 0.29) is 17.5 Å². The monoisotopic (exact) mass is 493 g/mol. The number of alkyl halides is 3. The highest BCUT2D eigenvalue weighted by atomic mass is 19.4. The van der Waals surface area contributed by atoms with Gasteiger partial charge in [0.25, 0.3) is 0 Å². The molecule has 0 aliphatic carbocycles. The van der Waals surface area contributed by atoms with Crippen molar-refractivity contribution in [3.63, 3.8) is 0 Å². The molecule has 0 unspecified atom stereocenters. The van der Waals surface area contributed by atoms with Crippen molar-refractivity contribution in [1.82, 2.24) is 14.9 Å². The number of hydrogen-bond donors (Lipinski definition) is 3. The molecule has 0 aliphatic rings. The lowest BCUT2D eigenvalue weighted by Gasteiger charge is -2.12. The number of pyridine rings is 1. The van der Waals surface area contributed by atoms with Crippen LogP contribution in [0.1, 0.15) is 74.6 Å². The van der Waals surface area contributed by atoms with E-state index in [4.69, 9.17) is 5.11 Å². The number of halogens is 3. The Morgan fingerprint density at radius 1 is 0.914 bits per heavy atom. The number of rotatable bonds is 14. The summed E-state index contributed by atoms with van der Waals surface area (Å²) in [7, 11) is 0. The molecule has 35 heavy (non-hydrogen) atoms. The van der Waals surface area contributed by atoms with Crippen LogP contribution in [0.15, 0.2) is 23.0 Å². The molecule has 2 aromatic heterocycles. The number of aliphatic hydroxyl groups is 1. The number of nitrogens with zero attached hydrogens (tertiary/aromatic N) is 1. The van der Waals surface area contributed by atoms with Crippen LogP contribution in [0, 0.1) is 13.8 Å². The third-order valence-corrected chi connectivity index (χ3v) is 6.90. The van der Waals surface area contributed by atoms with Crippen molar-refractivity contribution >= 4 is 21.8 Å². The second-order valence-electron chi connectivity index (χ2n) is 9.44. The number of fused-ring (bicyclic) bond motifs is 3. The second-order valence-corrected chi connectivity index (χ2v) is 9.44. The Balaban J connectivity index is 1.57. The number of aromatic nitrogens is 2. The smallest absolute Gasteiger partial charge is 0.396 e. The lowest BCUT2D eigenvalue weighted by molar-refractivity contribution is -0.136. The summed E-state index contributed by atoms with van der Waals surface area (Å²) in [6.45, 7) is 6.85. The topological polar surface area (TPSA) is 70.0 Å². The normalized spacial score (nSPS) is 12.3. The van der Waals surface area contributed by atoms with Gasteiger partial charge in [0, 0.05) is 46.7 Å². The highest BCUT2D eigenvalue weighted by Crippen LogP contribution is 2.39. The van der Waals surface area contributed by atoms with Crippen molar-refractivity contribution in [3.05, 3.63) is 45.4 Å². The number of H-pyrrole nitrogens is 1. The maximum Gasteiger partial charge on any atom is 0.417 e. The fraction of sp³-hybridized carbons (Fsp3) is 0.593. The van der Waals surface area contributed by atoms with E-state index in [1.165, 1.54) is 25.7 Å². The summed E-state index contributed by atoms with van der Waals surface area (Å²) in [5.41, 5.74) is 1.19. The Bertz CT molecular complexity index is 1160. The van der Waals surface area contributed by atoms with Crippen LogP contribution in [0.3, 0.4) is 0 Å². The number of nitrogens with one attached hydrogen (secondary N) is 2. The third-order valence-electron chi connectivity index (χ3n) is 6.90. The number of aliphatic hydroxyl groups excluding tert-OH is 1. The molecule has 0 bridgehead atoms. The van der Waals surface area contributed by atoms with E-state index in [1.54, 1.807) is 6.07 Å². The molecule has 0 atom stereocenters. The first-order valence-corrected chi connectivity index (χ1v) is 12.8. The molecule has 0 saturated heterocycles. The summed E-state index contributed by atoms with van der Waals surface area (Å²) in [5, 5.41) is 12.8. The molecular weight excluding hydrogens is 455 g/mol. The van der Waals surface area contributed by atoms with Gasteiger partial charge in [0.15, 0.2) is 0 Å². The van der Waals surface area contributed by atoms with Gasteiger partial charge < -0.3 is 20.0 Å². The molecule has 3 aromatic rings. The zero-order chi connectivity index (χ0) is 25.4. The molecule has 0 amide bonds. The highest BCUT2D eigenvalue weighted by Gasteiger charge is 2.34. The Kier molecular flexibility index (Phi) is 9.80. The zero-order valence-electron chi connectivity index (χ0n) is 20.9. The van der Waals surface area contributed by atoms with Crippen LogP contribution in [0.4, 0.5) is 13.2 Å². The highest BCUT2D eigenvalue weighted by molar-refractivity contribution is 6.09. The van der Waals surface area contributed by atoms with Crippen LogP contribution in [-0.4, -0.2) is 34.4 Å². The first kappa shape index (κ1) is 27.3. The molecule has 3 rings (SSSR count). The number of aromatic amines is 1. The van der Waals surface area contributed by atoms with E-state index in [0.29, 0.717) is 11.5 Å². The van der Waals surface area contributed by atoms with E-state index in [0.717, 1.165) is 68.5 Å². The second kappa shape index (κ2) is 12.6. The van der Waals surface area contributed by atoms with E-state index in [2.05, 4.69) is 14.9 Å². The number of unbranched alkanes of at least 4 members (excludes halogenated alkanes) is 7. The van der Waals surface area contributed by atoms with Crippen molar-refractivity contribution in [2.24, 2.45) is 0 Å². The SMILES string of the molecule is Cc1c(C)n(CCCCCCCCCNCCCCO)c2ccc3[nH]c(=O)cc(C(F)(F)F)c3c12. The maximum atomic E-state index is 13.8. The van der Waals surface area contributed by atoms with Crippen molar-refractivity contribution in [2.45, 2.75) is 84.4 Å². The minimum absolute atomic E-state index is 0.0804. The first-order valence-electron chi connectivity index (χ1n) is 12.8. The van der Waals surface area contributed by atoms with Gasteiger partial charge in [-0.1, -0.05) is 32.1 Å². The van der Waals surface area contributed by atoms with Crippen LogP contribution in [0.5, 0.6) is 0 Å². The van der Waals surface area contributed by atoms with Gasteiger partial charge in [0.05, 0.1) is 5.56 Å². The minimum Gasteiger partial charge on any atom is -0.396 e. The van der Waals surface area contributed by atoms with Crippen LogP contribution < -0.4 is 10.9 Å². The van der Waals surface area contributed by atoms with E-state index in [1.807, 2.05) is 19.9 Å². The first-order chi connectivity index (χ1) is 16.8. The fourth-order valence-corrected chi connectivity index (χ4v) is 4.92. The van der Waals surface area contributed by atoms with Crippen LogP contribution in [0.25, 0.3) is 21.8 Å². The van der Waals surface area contributed by atoms with E-state index in [9.17, 15) is 18.0 Å². The predicted octanol–water partition coefficient (Wildman–Crippen LogP) is 6.21. The molecule has 0 radical (unpaired) electrons. The van der Waals surface area contributed by atoms with E-state index < -0.39 is 17.3 Å². The van der Waals surface area contributed by atoms with Crippen molar-refractivity contribution < 1.29 is 18.3 Å². The maximum absolute atomic E-state index is 13.8. The minimum atomic E-state index is -4.60. The molecule has 0 fully saturated rings. The van der Waals surface area contributed by atoms with Crippen LogP contribution in [-0.2, 0) is 12.7 Å². The Labute approximate surface area is 204 Å². The van der Waals surface area contributed by atoms with Crippen LogP contribution >= 0.6 is 0 Å². The van der Waals surface area contributed by atoms with Gasteiger partial charge in [-0.3, -0.25) is 4.79 Å². The molecule has 2 heterocycles. The fourth-order valence-electron chi connectivity index (χ4n) is 4.92. The molecule has 1 aromatic carbocycles. The predicted molar refractivity (Wildman–Crippen MR) is 136 cm³/mol. The molecular formula is C27H38F3N3O2. The summed E-state index contributed by atoms with van der Waals surface area (Å²) in [5.74, 6) is 0. The van der Waals surface area contributed by atoms with Gasteiger partial charge in [-0.15, -0.1) is 0 Å². The molecule has 0 spiro atoms. The Morgan fingerprint density at radius 3 is 2.20 bits per heavy atom. The summed E-state index contributed by atoms with van der Waals surface area (Å²) < 4.78 is 43.4. The summed E-state index contributed by atoms with van der Waals surface area (Å²) in [6.07, 6.45) is 5.30. The number of hydrogen-bond acceptors (Lipinski definition) is 3. The molecule has 0 saturated carbocycles. The van der Waals surface area contributed by atoms with Crippen LogP contribution in [0.2, 0.25) is 0 Å². The molecule has 3 N–H and O–H groups in total. The number of benzene rings is 1. The average Bonchev–Trinajstić information content (AvgIpc) is 3.05. The number of aryl methyl sites for hydroxylation is 2. The molecule has 194 valence electrons. The van der Waals surface area contributed by atoms with Crippen molar-refractivity contribution in [1.29, 1.82) is 0 Å². The van der Waals surface area contributed by atoms with E-state index >= 15 is 0 Å². The summed E-state index contributed by atoms with van der Waals surface area (Å²) in [6, 6.07) is 4.08. The van der Waals surface area contributed by atoms with Gasteiger partial charge in [-0.2, -0.15) is 13.2 Å². The van der Waals surface area contributed by atoms with Crippen molar-refractivity contribution in [2.75, 3.05) is 19.7 Å². The quantitative estimate of drug-likeness (QED) is 0.234. The summed E-state index contributed by atoms with van der Waals surface area (Å²) >= 11 is 0. The van der Waals surface area contributed by atoms with Gasteiger partial charge in [0.2, 0.25) is 5.56 Å². The Hall–Kier alpha value is -2.32. The molecule has 0 aliphatic heterocycles. The largest absolute Gasteiger partial charge is 0.417 e. The standard InChI is InChI=1S/C27H38F3N3O2/c1-19-20(2)33(16-10-7-5-3-4-6-8-14-31-15-9-11-17-34)23-13-12-22-26(25(19)23)21(27(28,29)30)18-24(35)32-22/h12-13,18,31,34H,3-11,14-17H2,1-2H3,(H,32,35). The molecule has 5 nitrogen and oxygen atoms in total. The summed E-state index contributed by atoms with van der Waals surface area (Å²) in [4.78, 5) is 14.4. The zero-order valence-corrected chi connectivity index (χ0v) is 20.9. The van der Waals surface area contributed by atoms with Gasteiger partial charge in [0.1, 0.15) is 0 Å². The van der Waals surface area contributed by atoms with Gasteiger partial charge >= 0.3 is 6.18 Å². The lowest BCUT2D eigenvalue weighted by Crippen LogP contribution is -2.16. The van der Waals surface area contributed by atoms with Crippen molar-refractivity contribution in [3.8, 4) is 0 Å².